The average Bonchev–Trinajstić information content (AvgIpc) is 2.74. The molecule has 0 spiro atoms. The van der Waals surface area contributed by atoms with E-state index in [2.05, 4.69) is 0 Å². The summed E-state index contributed by atoms with van der Waals surface area (Å²) >= 11 is 0. The van der Waals surface area contributed by atoms with E-state index in [0.29, 0.717) is 11.3 Å². The van der Waals surface area contributed by atoms with Crippen molar-refractivity contribution in [1.29, 1.82) is 0 Å². The molecule has 0 bridgehead atoms. The summed E-state index contributed by atoms with van der Waals surface area (Å²) in [6, 6.07) is 1.86. The lowest BCUT2D eigenvalue weighted by atomic mass is 10.1. The average molecular weight is 287 g/mol. The second-order valence-electron chi connectivity index (χ2n) is 4.21. The molecule has 3 N–H and O–H groups in total. The zero-order valence-corrected chi connectivity index (χ0v) is 10.9. The largest absolute Gasteiger partial charge is 0.480 e. The van der Waals surface area contributed by atoms with Crippen molar-refractivity contribution >= 4 is 15.8 Å². The van der Waals surface area contributed by atoms with E-state index in [1.807, 2.05) is 0 Å². The lowest BCUT2D eigenvalue weighted by Gasteiger charge is -2.12. The van der Waals surface area contributed by atoms with Gasteiger partial charge in [-0.15, -0.1) is 0 Å². The Balaban J connectivity index is 2.53. The van der Waals surface area contributed by atoms with E-state index in [-0.39, 0.29) is 23.9 Å². The van der Waals surface area contributed by atoms with Gasteiger partial charge in [0.05, 0.1) is 0 Å². The van der Waals surface area contributed by atoms with Gasteiger partial charge in [0.2, 0.25) is 6.79 Å². The summed E-state index contributed by atoms with van der Waals surface area (Å²) in [6.07, 6.45) is 0.925. The number of hydrogen-bond donors (Lipinski definition) is 2. The van der Waals surface area contributed by atoms with Crippen LogP contribution in [0.2, 0.25) is 0 Å². The van der Waals surface area contributed by atoms with Gasteiger partial charge in [-0.3, -0.25) is 4.79 Å². The van der Waals surface area contributed by atoms with Gasteiger partial charge in [-0.1, -0.05) is 6.07 Å². The van der Waals surface area contributed by atoms with E-state index >= 15 is 0 Å². The highest BCUT2D eigenvalue weighted by molar-refractivity contribution is 7.90. The summed E-state index contributed by atoms with van der Waals surface area (Å²) in [5.41, 5.74) is 5.75. The van der Waals surface area contributed by atoms with E-state index in [4.69, 9.17) is 20.3 Å². The highest BCUT2D eigenvalue weighted by Crippen LogP contribution is 2.40. The number of rotatable bonds is 4. The van der Waals surface area contributed by atoms with Gasteiger partial charge in [-0.2, -0.15) is 0 Å². The lowest BCUT2D eigenvalue weighted by molar-refractivity contribution is -0.138. The van der Waals surface area contributed by atoms with Crippen LogP contribution in [0.3, 0.4) is 0 Å². The van der Waals surface area contributed by atoms with Crippen LogP contribution in [0, 0.1) is 0 Å². The molecule has 8 heteroatoms. The molecule has 2 rings (SSSR count). The minimum absolute atomic E-state index is 0.0563. The van der Waals surface area contributed by atoms with Crippen LogP contribution in [0.25, 0.3) is 0 Å². The molecule has 0 fully saturated rings. The van der Waals surface area contributed by atoms with E-state index in [0.717, 1.165) is 6.26 Å². The van der Waals surface area contributed by atoms with E-state index in [1.165, 1.54) is 6.07 Å². The Morgan fingerprint density at radius 2 is 2.16 bits per heavy atom. The van der Waals surface area contributed by atoms with Crippen LogP contribution in [0.5, 0.6) is 11.5 Å². The minimum Gasteiger partial charge on any atom is -0.480 e. The molecule has 0 aliphatic carbocycles. The second kappa shape index (κ2) is 4.71. The lowest BCUT2D eigenvalue weighted by Crippen LogP contribution is -2.32. The fraction of sp³-hybridized carbons (Fsp3) is 0.364. The van der Waals surface area contributed by atoms with Crippen LogP contribution in [-0.2, 0) is 21.1 Å². The van der Waals surface area contributed by atoms with Gasteiger partial charge in [0.1, 0.15) is 10.9 Å². The molecule has 104 valence electrons. The van der Waals surface area contributed by atoms with Crippen molar-refractivity contribution in [3.63, 3.8) is 0 Å². The third kappa shape index (κ3) is 2.64. The number of carboxylic acids is 1. The van der Waals surface area contributed by atoms with Crippen molar-refractivity contribution in [1.82, 2.24) is 0 Å². The van der Waals surface area contributed by atoms with Crippen molar-refractivity contribution in [3.8, 4) is 11.5 Å². The van der Waals surface area contributed by atoms with E-state index in [1.54, 1.807) is 6.07 Å². The maximum Gasteiger partial charge on any atom is 0.320 e. The summed E-state index contributed by atoms with van der Waals surface area (Å²) in [7, 11) is -3.58. The molecule has 1 aromatic carbocycles. The van der Waals surface area contributed by atoms with Crippen LogP contribution in [0.4, 0.5) is 0 Å². The van der Waals surface area contributed by atoms with Gasteiger partial charge in [0.15, 0.2) is 21.3 Å². The van der Waals surface area contributed by atoms with E-state index in [9.17, 15) is 13.2 Å². The number of nitrogens with two attached hydrogens (primary N) is 1. The quantitative estimate of drug-likeness (QED) is 0.785. The summed E-state index contributed by atoms with van der Waals surface area (Å²) in [5.74, 6) is -0.747. The van der Waals surface area contributed by atoms with Gasteiger partial charge in [0.25, 0.3) is 0 Å². The zero-order valence-electron chi connectivity index (χ0n) is 10.1. The number of fused-ring (bicyclic) bond motifs is 1. The summed E-state index contributed by atoms with van der Waals surface area (Å²) < 4.78 is 33.9. The van der Waals surface area contributed by atoms with Gasteiger partial charge < -0.3 is 20.3 Å². The van der Waals surface area contributed by atoms with Crippen molar-refractivity contribution in [2.24, 2.45) is 5.73 Å². The third-order valence-electron chi connectivity index (χ3n) is 2.70. The van der Waals surface area contributed by atoms with Crippen molar-refractivity contribution in [2.75, 3.05) is 13.0 Å². The number of ether oxygens (including phenoxy) is 2. The first-order valence-corrected chi connectivity index (χ1v) is 7.29. The first-order valence-electron chi connectivity index (χ1n) is 5.40. The van der Waals surface area contributed by atoms with Crippen LogP contribution in [0.1, 0.15) is 5.56 Å². The zero-order chi connectivity index (χ0) is 14.2. The second-order valence-corrected chi connectivity index (χ2v) is 6.16. The number of benzene rings is 1. The molecule has 0 saturated heterocycles. The smallest absolute Gasteiger partial charge is 0.320 e. The van der Waals surface area contributed by atoms with Crippen molar-refractivity contribution in [2.45, 2.75) is 17.4 Å². The van der Waals surface area contributed by atoms with Gasteiger partial charge in [-0.05, 0) is 18.1 Å². The molecule has 1 aliphatic heterocycles. The molecular formula is C11H13NO6S. The maximum atomic E-state index is 11.8. The molecule has 1 unspecified atom stereocenters. The molecule has 0 aromatic heterocycles. The predicted molar refractivity (Wildman–Crippen MR) is 65.0 cm³/mol. The summed E-state index contributed by atoms with van der Waals surface area (Å²) in [4.78, 5) is 10.7. The Morgan fingerprint density at radius 1 is 1.47 bits per heavy atom. The molecule has 1 atom stereocenters. The van der Waals surface area contributed by atoms with E-state index < -0.39 is 21.8 Å². The Hall–Kier alpha value is -1.80. The topological polar surface area (TPSA) is 116 Å². The normalized spacial score (nSPS) is 15.3. The predicted octanol–water partition coefficient (Wildman–Crippen LogP) is -0.227. The molecule has 19 heavy (non-hydrogen) atoms. The molecule has 1 aromatic rings. The molecule has 7 nitrogen and oxygen atoms in total. The number of aliphatic carboxylic acids is 1. The molecule has 0 radical (unpaired) electrons. The fourth-order valence-electron chi connectivity index (χ4n) is 1.88. The number of hydrogen-bond acceptors (Lipinski definition) is 6. The summed E-state index contributed by atoms with van der Waals surface area (Å²) in [5, 5.41) is 8.80. The SMILES string of the molecule is CS(=O)(=O)c1c(CC(N)C(=O)O)ccc2c1OCO2. The van der Waals surface area contributed by atoms with Crippen molar-refractivity contribution in [3.05, 3.63) is 17.7 Å². The Labute approximate surface area is 109 Å². The standard InChI is InChI=1S/C11H13NO6S/c1-19(15,16)10-6(4-7(12)11(13)14)2-3-8-9(10)18-5-17-8/h2-3,7H,4-5,12H2,1H3,(H,13,14). The number of sulfone groups is 1. The Morgan fingerprint density at radius 3 is 2.74 bits per heavy atom. The fourth-order valence-corrected chi connectivity index (χ4v) is 3.00. The third-order valence-corrected chi connectivity index (χ3v) is 3.89. The van der Waals surface area contributed by atoms with Gasteiger partial charge in [0, 0.05) is 6.26 Å². The monoisotopic (exact) mass is 287 g/mol. The first-order chi connectivity index (χ1) is 8.80. The van der Waals surface area contributed by atoms with Crippen LogP contribution in [-0.4, -0.2) is 38.6 Å². The van der Waals surface area contributed by atoms with Gasteiger partial charge in [-0.25, -0.2) is 8.42 Å². The number of carbonyl (C=O) groups is 1. The van der Waals surface area contributed by atoms with Crippen LogP contribution < -0.4 is 15.2 Å². The Kier molecular flexibility index (Phi) is 3.38. The highest BCUT2D eigenvalue weighted by Gasteiger charge is 2.28. The summed E-state index contributed by atoms with van der Waals surface area (Å²) in [6.45, 7) is -0.0632. The van der Waals surface area contributed by atoms with Gasteiger partial charge >= 0.3 is 5.97 Å². The van der Waals surface area contributed by atoms with Crippen LogP contribution >= 0.6 is 0 Å². The maximum absolute atomic E-state index is 11.8. The molecular weight excluding hydrogens is 274 g/mol. The Bertz CT molecular complexity index is 624. The molecule has 0 saturated carbocycles. The first kappa shape index (κ1) is 13.6. The van der Waals surface area contributed by atoms with Crippen molar-refractivity contribution < 1.29 is 27.8 Å². The number of carboxylic acid groups (broad SMARTS) is 1. The molecule has 1 aliphatic rings. The highest BCUT2D eigenvalue weighted by atomic mass is 32.2. The molecule has 1 heterocycles. The molecule has 0 amide bonds. The minimum atomic E-state index is -3.58. The van der Waals surface area contributed by atoms with Crippen LogP contribution in [0.15, 0.2) is 17.0 Å².